The molecule has 0 bridgehead atoms. The molecular formula is C30H23FN4O2. The van der Waals surface area contributed by atoms with E-state index in [-0.39, 0.29) is 5.82 Å². The molecule has 0 atom stereocenters. The molecule has 6 rings (SSSR count). The Kier molecular flexibility index (Phi) is 5.94. The first-order valence-electron chi connectivity index (χ1n) is 11.9. The number of rotatable bonds is 7. The maximum absolute atomic E-state index is 13.4. The number of aryl methyl sites for hydroxylation is 1. The Morgan fingerprint density at radius 2 is 1.65 bits per heavy atom. The normalized spacial score (nSPS) is 11.2. The quantitative estimate of drug-likeness (QED) is 0.253. The summed E-state index contributed by atoms with van der Waals surface area (Å²) < 4.78 is 27.5. The summed E-state index contributed by atoms with van der Waals surface area (Å²) in [5.41, 5.74) is 5.41. The lowest BCUT2D eigenvalue weighted by Crippen LogP contribution is -2.00. The molecular weight excluding hydrogens is 467 g/mol. The third kappa shape index (κ3) is 4.84. The van der Waals surface area contributed by atoms with E-state index < -0.39 is 0 Å². The first-order valence-corrected chi connectivity index (χ1v) is 11.9. The lowest BCUT2D eigenvalue weighted by molar-refractivity contribution is 0.293. The number of ether oxygens (including phenoxy) is 2. The zero-order valence-corrected chi connectivity index (χ0v) is 20.1. The van der Waals surface area contributed by atoms with Crippen molar-refractivity contribution < 1.29 is 13.9 Å². The number of aromatic nitrogens is 4. The highest BCUT2D eigenvalue weighted by atomic mass is 19.1. The van der Waals surface area contributed by atoms with Gasteiger partial charge in [0.2, 0.25) is 0 Å². The minimum Gasteiger partial charge on any atom is -0.489 e. The molecule has 6 aromatic rings. The van der Waals surface area contributed by atoms with E-state index in [9.17, 15) is 4.39 Å². The molecule has 37 heavy (non-hydrogen) atoms. The Balaban J connectivity index is 1.10. The lowest BCUT2D eigenvalue weighted by Gasteiger charge is -2.11. The van der Waals surface area contributed by atoms with Gasteiger partial charge in [0.1, 0.15) is 41.9 Å². The van der Waals surface area contributed by atoms with Gasteiger partial charge < -0.3 is 9.47 Å². The van der Waals surface area contributed by atoms with Gasteiger partial charge in [-0.15, -0.1) is 0 Å². The van der Waals surface area contributed by atoms with Crippen molar-refractivity contribution >= 4 is 21.9 Å². The molecule has 0 unspecified atom stereocenters. The smallest absolute Gasteiger partial charge is 0.130 e. The van der Waals surface area contributed by atoms with Crippen LogP contribution in [0.5, 0.6) is 11.5 Å². The van der Waals surface area contributed by atoms with Gasteiger partial charge in [0, 0.05) is 17.3 Å². The third-order valence-corrected chi connectivity index (χ3v) is 6.12. The molecule has 3 aromatic heterocycles. The van der Waals surface area contributed by atoms with Gasteiger partial charge >= 0.3 is 0 Å². The van der Waals surface area contributed by atoms with Gasteiger partial charge in [-0.25, -0.2) is 14.4 Å². The van der Waals surface area contributed by atoms with Crippen LogP contribution in [0.4, 0.5) is 4.39 Å². The molecule has 0 aliphatic rings. The predicted octanol–water partition coefficient (Wildman–Crippen LogP) is 6.57. The molecule has 0 radical (unpaired) electrons. The van der Waals surface area contributed by atoms with E-state index in [2.05, 4.69) is 19.5 Å². The van der Waals surface area contributed by atoms with Crippen molar-refractivity contribution in [2.75, 3.05) is 0 Å². The molecule has 3 aromatic carbocycles. The second kappa shape index (κ2) is 9.70. The number of pyridine rings is 2. The first-order chi connectivity index (χ1) is 18.1. The van der Waals surface area contributed by atoms with Crippen LogP contribution in [0, 0.1) is 12.7 Å². The van der Waals surface area contributed by atoms with Gasteiger partial charge in [-0.3, -0.25) is 9.55 Å². The van der Waals surface area contributed by atoms with E-state index in [4.69, 9.17) is 9.47 Å². The van der Waals surface area contributed by atoms with Crippen molar-refractivity contribution in [3.8, 4) is 17.2 Å². The van der Waals surface area contributed by atoms with Crippen LogP contribution in [0.25, 0.3) is 27.6 Å². The second-order valence-corrected chi connectivity index (χ2v) is 8.72. The summed E-state index contributed by atoms with van der Waals surface area (Å²) in [5.74, 6) is 2.14. The van der Waals surface area contributed by atoms with Gasteiger partial charge in [-0.05, 0) is 79.2 Å². The van der Waals surface area contributed by atoms with E-state index in [1.54, 1.807) is 18.5 Å². The van der Waals surface area contributed by atoms with Gasteiger partial charge in [0.25, 0.3) is 0 Å². The van der Waals surface area contributed by atoms with Gasteiger partial charge in [-0.1, -0.05) is 18.2 Å². The van der Waals surface area contributed by atoms with Crippen LogP contribution in [0.3, 0.4) is 0 Å². The Bertz CT molecular complexity index is 1710. The van der Waals surface area contributed by atoms with E-state index in [0.717, 1.165) is 56.2 Å². The largest absolute Gasteiger partial charge is 0.489 e. The summed E-state index contributed by atoms with van der Waals surface area (Å²) in [6.45, 7) is 2.71. The van der Waals surface area contributed by atoms with Crippen LogP contribution < -0.4 is 9.47 Å². The van der Waals surface area contributed by atoms with Crippen molar-refractivity contribution in [1.29, 1.82) is 0 Å². The number of nitrogens with zero attached hydrogens (tertiary/aromatic N) is 4. The number of hydrogen-bond donors (Lipinski definition) is 0. The Morgan fingerprint density at radius 1 is 0.784 bits per heavy atom. The van der Waals surface area contributed by atoms with Gasteiger partial charge in [0.05, 0.1) is 22.9 Å². The van der Waals surface area contributed by atoms with Crippen molar-refractivity contribution in [2.24, 2.45) is 0 Å². The fourth-order valence-corrected chi connectivity index (χ4v) is 4.34. The number of hydrogen-bond acceptors (Lipinski definition) is 5. The topological polar surface area (TPSA) is 62.1 Å². The molecule has 0 saturated carbocycles. The minimum absolute atomic E-state index is 0.270. The molecule has 0 saturated heterocycles. The monoisotopic (exact) mass is 490 g/mol. The summed E-state index contributed by atoms with van der Waals surface area (Å²) in [4.78, 5) is 13.3. The molecule has 7 heteroatoms. The average molecular weight is 491 g/mol. The lowest BCUT2D eigenvalue weighted by atomic mass is 10.2. The van der Waals surface area contributed by atoms with Crippen LogP contribution in [-0.4, -0.2) is 19.5 Å². The molecule has 0 fully saturated rings. The Labute approximate surface area is 213 Å². The fraction of sp³-hybridized carbons (Fsp3) is 0.100. The van der Waals surface area contributed by atoms with E-state index in [1.165, 1.54) is 12.1 Å². The van der Waals surface area contributed by atoms with Crippen molar-refractivity contribution in [2.45, 2.75) is 20.1 Å². The molecule has 0 aliphatic heterocycles. The minimum atomic E-state index is -0.270. The molecule has 182 valence electrons. The molecule has 0 N–H and O–H groups in total. The summed E-state index contributed by atoms with van der Waals surface area (Å²) in [5, 5.41) is 0.766. The highest BCUT2D eigenvalue weighted by Crippen LogP contribution is 2.24. The van der Waals surface area contributed by atoms with Crippen LogP contribution in [0.1, 0.15) is 17.1 Å². The third-order valence-electron chi connectivity index (χ3n) is 6.12. The van der Waals surface area contributed by atoms with E-state index in [0.29, 0.717) is 13.2 Å². The maximum Gasteiger partial charge on any atom is 0.130 e. The molecule has 0 spiro atoms. The summed E-state index contributed by atoms with van der Waals surface area (Å²) in [6, 6.07) is 26.0. The Hall–Kier alpha value is -4.78. The summed E-state index contributed by atoms with van der Waals surface area (Å²) in [7, 11) is 0. The number of fused-ring (bicyclic) bond motifs is 2. The highest BCUT2D eigenvalue weighted by Gasteiger charge is 2.09. The van der Waals surface area contributed by atoms with Crippen LogP contribution >= 0.6 is 0 Å². The molecule has 6 nitrogen and oxygen atoms in total. The standard InChI is InChI=1S/C30H23FN4O2/c1-20-33-29-17-32-14-13-30(29)35(20)25-8-10-26(11-9-25)36-18-21-3-2-4-27(15-21)37-19-24-7-5-22-16-23(31)6-12-28(22)34-24/h2-17H,18-19H2,1H3. The Morgan fingerprint density at radius 3 is 2.54 bits per heavy atom. The summed E-state index contributed by atoms with van der Waals surface area (Å²) in [6.07, 6.45) is 3.55. The second-order valence-electron chi connectivity index (χ2n) is 8.72. The predicted molar refractivity (Wildman–Crippen MR) is 140 cm³/mol. The van der Waals surface area contributed by atoms with E-state index >= 15 is 0 Å². The molecule has 0 amide bonds. The van der Waals surface area contributed by atoms with Gasteiger partial charge in [0.15, 0.2) is 0 Å². The van der Waals surface area contributed by atoms with Crippen molar-refractivity contribution in [1.82, 2.24) is 19.5 Å². The number of imidazole rings is 1. The number of benzene rings is 3. The van der Waals surface area contributed by atoms with Crippen LogP contribution in [0.2, 0.25) is 0 Å². The SMILES string of the molecule is Cc1nc2cnccc2n1-c1ccc(OCc2cccc(OCc3ccc4cc(F)ccc4n3)c2)cc1. The van der Waals surface area contributed by atoms with Crippen molar-refractivity contribution in [3.63, 3.8) is 0 Å². The maximum atomic E-state index is 13.4. The molecule has 3 heterocycles. The van der Waals surface area contributed by atoms with Gasteiger partial charge in [-0.2, -0.15) is 0 Å². The van der Waals surface area contributed by atoms with E-state index in [1.807, 2.05) is 73.7 Å². The molecule has 0 aliphatic carbocycles. The van der Waals surface area contributed by atoms with Crippen LogP contribution in [0.15, 0.2) is 97.3 Å². The zero-order valence-electron chi connectivity index (χ0n) is 20.1. The van der Waals surface area contributed by atoms with Crippen LogP contribution in [-0.2, 0) is 13.2 Å². The fourth-order valence-electron chi connectivity index (χ4n) is 4.34. The summed E-state index contributed by atoms with van der Waals surface area (Å²) >= 11 is 0. The zero-order chi connectivity index (χ0) is 25.2. The average Bonchev–Trinajstić information content (AvgIpc) is 3.27. The highest BCUT2D eigenvalue weighted by molar-refractivity contribution is 5.78. The van der Waals surface area contributed by atoms with Crippen molar-refractivity contribution in [3.05, 3.63) is 120 Å². The first kappa shape index (κ1) is 22.7. The number of halogens is 1.